The number of nitro groups is 1. The van der Waals surface area contributed by atoms with Crippen LogP contribution in [0, 0.1) is 10.1 Å². The molecule has 2 aromatic carbocycles. The maximum Gasteiger partial charge on any atom is 0.345 e. The minimum atomic E-state index is -0.826. The van der Waals surface area contributed by atoms with Gasteiger partial charge in [0.15, 0.2) is 11.5 Å². The second-order valence-corrected chi connectivity index (χ2v) is 5.68. The van der Waals surface area contributed by atoms with Crippen LogP contribution in [0.4, 0.5) is 5.69 Å². The van der Waals surface area contributed by atoms with Crippen LogP contribution in [0.2, 0.25) is 0 Å². The van der Waals surface area contributed by atoms with Crippen molar-refractivity contribution >= 4 is 11.7 Å². The molecule has 0 saturated heterocycles. The fourth-order valence-corrected chi connectivity index (χ4v) is 2.63. The molecular weight excluding hydrogens is 354 g/mol. The first-order valence-electron chi connectivity index (χ1n) is 7.96. The number of hydrogen-bond acceptors (Lipinski definition) is 7. The molecule has 4 rings (SSSR count). The zero-order chi connectivity index (χ0) is 18.8. The second kappa shape index (κ2) is 6.79. The van der Waals surface area contributed by atoms with Crippen molar-refractivity contribution < 1.29 is 23.9 Å². The molecule has 0 atom stereocenters. The molecule has 0 saturated carbocycles. The Morgan fingerprint density at radius 3 is 2.70 bits per heavy atom. The van der Waals surface area contributed by atoms with Crippen molar-refractivity contribution in [2.45, 2.75) is 6.61 Å². The summed E-state index contributed by atoms with van der Waals surface area (Å²) in [4.78, 5) is 23.0. The maximum atomic E-state index is 12.4. The van der Waals surface area contributed by atoms with Crippen molar-refractivity contribution in [2.75, 3.05) is 6.79 Å². The van der Waals surface area contributed by atoms with Gasteiger partial charge < -0.3 is 14.2 Å². The van der Waals surface area contributed by atoms with Crippen LogP contribution in [0.3, 0.4) is 0 Å². The lowest BCUT2D eigenvalue weighted by Crippen LogP contribution is -2.08. The molecule has 2 heterocycles. The summed E-state index contributed by atoms with van der Waals surface area (Å²) in [6.07, 6.45) is 3.28. The maximum absolute atomic E-state index is 12.4. The van der Waals surface area contributed by atoms with Crippen molar-refractivity contribution in [1.29, 1.82) is 0 Å². The molecule has 9 nitrogen and oxygen atoms in total. The highest BCUT2D eigenvalue weighted by molar-refractivity contribution is 5.95. The van der Waals surface area contributed by atoms with E-state index in [9.17, 15) is 14.9 Å². The van der Waals surface area contributed by atoms with Gasteiger partial charge in [-0.15, -0.1) is 0 Å². The van der Waals surface area contributed by atoms with Gasteiger partial charge in [-0.25, -0.2) is 9.48 Å². The highest BCUT2D eigenvalue weighted by Crippen LogP contribution is 2.38. The number of para-hydroxylation sites is 1. The Hall–Kier alpha value is -3.88. The van der Waals surface area contributed by atoms with Gasteiger partial charge in [-0.2, -0.15) is 5.10 Å². The molecule has 9 heteroatoms. The predicted molar refractivity (Wildman–Crippen MR) is 91.9 cm³/mol. The fourth-order valence-electron chi connectivity index (χ4n) is 2.63. The third kappa shape index (κ3) is 3.30. The number of nitro benzene ring substituents is 1. The minimum Gasteiger partial charge on any atom is -0.457 e. The topological polar surface area (TPSA) is 106 Å². The highest BCUT2D eigenvalue weighted by atomic mass is 16.7. The summed E-state index contributed by atoms with van der Waals surface area (Å²) >= 11 is 0. The molecule has 136 valence electrons. The van der Waals surface area contributed by atoms with E-state index >= 15 is 0 Å². The highest BCUT2D eigenvalue weighted by Gasteiger charge is 2.28. The van der Waals surface area contributed by atoms with E-state index < -0.39 is 16.6 Å². The largest absolute Gasteiger partial charge is 0.457 e. The number of benzene rings is 2. The minimum absolute atomic E-state index is 0.0519. The van der Waals surface area contributed by atoms with Gasteiger partial charge in [0, 0.05) is 17.8 Å². The van der Waals surface area contributed by atoms with Crippen LogP contribution in [-0.2, 0) is 11.3 Å². The lowest BCUT2D eigenvalue weighted by Gasteiger charge is -2.05. The number of ether oxygens (including phenoxy) is 3. The smallest absolute Gasteiger partial charge is 0.345 e. The van der Waals surface area contributed by atoms with E-state index in [0.29, 0.717) is 5.56 Å². The lowest BCUT2D eigenvalue weighted by molar-refractivity contribution is -0.385. The van der Waals surface area contributed by atoms with Gasteiger partial charge in [0.1, 0.15) is 12.2 Å². The van der Waals surface area contributed by atoms with Gasteiger partial charge in [-0.3, -0.25) is 10.1 Å². The van der Waals surface area contributed by atoms with Crippen molar-refractivity contribution in [2.24, 2.45) is 0 Å². The Balaban J connectivity index is 1.50. The van der Waals surface area contributed by atoms with Crippen LogP contribution in [0.1, 0.15) is 15.9 Å². The van der Waals surface area contributed by atoms with E-state index in [1.165, 1.54) is 6.07 Å². The predicted octanol–water partition coefficient (Wildman–Crippen LogP) is 2.87. The number of rotatable bonds is 5. The van der Waals surface area contributed by atoms with E-state index in [4.69, 9.17) is 14.2 Å². The van der Waals surface area contributed by atoms with Gasteiger partial charge in [0.25, 0.3) is 5.69 Å². The first kappa shape index (κ1) is 16.6. The average molecular weight is 367 g/mol. The Morgan fingerprint density at radius 1 is 1.22 bits per heavy atom. The van der Waals surface area contributed by atoms with Crippen LogP contribution in [0.15, 0.2) is 54.9 Å². The van der Waals surface area contributed by atoms with Crippen LogP contribution >= 0.6 is 0 Å². The van der Waals surface area contributed by atoms with Crippen LogP contribution in [0.25, 0.3) is 5.69 Å². The molecule has 27 heavy (non-hydrogen) atoms. The molecule has 0 radical (unpaired) electrons. The van der Waals surface area contributed by atoms with E-state index in [2.05, 4.69) is 5.10 Å². The first-order chi connectivity index (χ1) is 13.1. The van der Waals surface area contributed by atoms with E-state index in [1.807, 2.05) is 30.3 Å². The summed E-state index contributed by atoms with van der Waals surface area (Å²) in [6.45, 7) is -0.124. The number of aromatic nitrogens is 2. The lowest BCUT2D eigenvalue weighted by atomic mass is 10.1. The third-order valence-electron chi connectivity index (χ3n) is 3.93. The quantitative estimate of drug-likeness (QED) is 0.388. The van der Waals surface area contributed by atoms with Crippen molar-refractivity contribution in [3.8, 4) is 17.2 Å². The number of hydrogen-bond donors (Lipinski definition) is 0. The molecule has 0 spiro atoms. The van der Waals surface area contributed by atoms with Crippen molar-refractivity contribution in [3.05, 3.63) is 76.1 Å². The number of carbonyl (C=O) groups excluding carboxylic acids is 1. The molecule has 1 aliphatic rings. The summed E-state index contributed by atoms with van der Waals surface area (Å²) in [5, 5.41) is 15.5. The summed E-state index contributed by atoms with van der Waals surface area (Å²) in [5.74, 6) is -0.334. The summed E-state index contributed by atoms with van der Waals surface area (Å²) < 4.78 is 17.1. The molecule has 1 aromatic heterocycles. The zero-order valence-corrected chi connectivity index (χ0v) is 13.9. The first-order valence-corrected chi connectivity index (χ1v) is 7.96. The summed E-state index contributed by atoms with van der Waals surface area (Å²) in [7, 11) is 0. The molecule has 3 aromatic rings. The Morgan fingerprint density at radius 2 is 1.96 bits per heavy atom. The SMILES string of the molecule is O=C(OCc1cnn(-c2ccccc2)c1)c1cc2c(cc1[N+](=O)[O-])OCO2. The molecule has 0 bridgehead atoms. The molecule has 0 unspecified atom stereocenters. The Bertz CT molecular complexity index is 1020. The average Bonchev–Trinajstić information content (AvgIpc) is 3.34. The third-order valence-corrected chi connectivity index (χ3v) is 3.93. The summed E-state index contributed by atoms with van der Waals surface area (Å²) in [6, 6.07) is 11.9. The van der Waals surface area contributed by atoms with Crippen LogP contribution in [0.5, 0.6) is 11.5 Å². The fraction of sp³-hybridized carbons (Fsp3) is 0.111. The Kier molecular flexibility index (Phi) is 4.17. The normalized spacial score (nSPS) is 12.0. The molecule has 0 aliphatic carbocycles. The van der Waals surface area contributed by atoms with Gasteiger partial charge in [-0.05, 0) is 12.1 Å². The van der Waals surface area contributed by atoms with E-state index in [1.54, 1.807) is 17.1 Å². The van der Waals surface area contributed by atoms with Crippen LogP contribution in [-0.4, -0.2) is 27.5 Å². The molecule has 1 aliphatic heterocycles. The van der Waals surface area contributed by atoms with Gasteiger partial charge in [0.2, 0.25) is 6.79 Å². The van der Waals surface area contributed by atoms with E-state index in [0.717, 1.165) is 11.8 Å². The molecular formula is C18H13N3O6. The number of nitrogens with zero attached hydrogens (tertiary/aromatic N) is 3. The molecule has 0 fully saturated rings. The Labute approximate surface area is 152 Å². The number of esters is 1. The van der Waals surface area contributed by atoms with Crippen molar-refractivity contribution in [3.63, 3.8) is 0 Å². The van der Waals surface area contributed by atoms with Gasteiger partial charge in [-0.1, -0.05) is 18.2 Å². The van der Waals surface area contributed by atoms with Crippen molar-refractivity contribution in [1.82, 2.24) is 9.78 Å². The zero-order valence-electron chi connectivity index (χ0n) is 13.9. The van der Waals surface area contributed by atoms with E-state index in [-0.39, 0.29) is 30.5 Å². The number of fused-ring (bicyclic) bond motifs is 1. The summed E-state index contributed by atoms with van der Waals surface area (Å²) in [5.41, 5.74) is 0.918. The second-order valence-electron chi connectivity index (χ2n) is 5.68. The standard InChI is InChI=1S/C18H13N3O6/c22-18(14-6-16-17(27-11-26-16)7-15(14)21(23)24)25-10-12-8-19-20(9-12)13-4-2-1-3-5-13/h1-9H,10-11H2. The van der Waals surface area contributed by atoms with Gasteiger partial charge in [0.05, 0.1) is 22.9 Å². The molecule has 0 N–H and O–H groups in total. The monoisotopic (exact) mass is 367 g/mol. The number of carbonyl (C=O) groups is 1. The molecule has 0 amide bonds. The van der Waals surface area contributed by atoms with Crippen LogP contribution < -0.4 is 9.47 Å². The van der Waals surface area contributed by atoms with Gasteiger partial charge >= 0.3 is 5.97 Å².